The summed E-state index contributed by atoms with van der Waals surface area (Å²) in [6.07, 6.45) is 2.69. The van der Waals surface area contributed by atoms with Crippen LogP contribution in [-0.2, 0) is 18.4 Å². The smallest absolute Gasteiger partial charge is 0.322 e. The maximum Gasteiger partial charge on any atom is 0.322 e. The molecule has 0 aliphatic heterocycles. The van der Waals surface area contributed by atoms with Crippen molar-refractivity contribution < 1.29 is 19.1 Å². The number of methoxy groups -OCH3 is 2. The molecule has 1 aromatic carbocycles. The van der Waals surface area contributed by atoms with Crippen molar-refractivity contribution in [2.45, 2.75) is 46.7 Å². The molecule has 1 heterocycles. The van der Waals surface area contributed by atoms with E-state index in [9.17, 15) is 9.59 Å². The van der Waals surface area contributed by atoms with E-state index in [0.29, 0.717) is 36.2 Å². The fourth-order valence-electron chi connectivity index (χ4n) is 3.53. The number of hydrogen-bond donors (Lipinski definition) is 1. The van der Waals surface area contributed by atoms with Crippen LogP contribution in [0.1, 0.15) is 39.8 Å². The molecule has 1 atom stereocenters. The molecule has 0 fully saturated rings. The number of aryl methyl sites for hydroxylation is 1. The van der Waals surface area contributed by atoms with Crippen molar-refractivity contribution in [1.82, 2.24) is 14.4 Å². The second kappa shape index (κ2) is 12.2. The number of anilines is 1. The van der Waals surface area contributed by atoms with Crippen LogP contribution in [0.25, 0.3) is 0 Å². The summed E-state index contributed by atoms with van der Waals surface area (Å²) in [5, 5.41) is 2.90. The average Bonchev–Trinajstić information content (AvgIpc) is 3.20. The van der Waals surface area contributed by atoms with Crippen molar-refractivity contribution >= 4 is 17.6 Å². The first-order chi connectivity index (χ1) is 15.7. The summed E-state index contributed by atoms with van der Waals surface area (Å²) in [6.45, 7) is 9.23. The van der Waals surface area contributed by atoms with Gasteiger partial charge in [0.15, 0.2) is 0 Å². The number of amides is 3. The molecule has 8 heteroatoms. The van der Waals surface area contributed by atoms with Gasteiger partial charge in [0.1, 0.15) is 18.0 Å². The average molecular weight is 459 g/mol. The molecule has 0 saturated carbocycles. The minimum atomic E-state index is -0.343. The highest BCUT2D eigenvalue weighted by Gasteiger charge is 2.26. The number of ether oxygens (including phenoxy) is 2. The minimum absolute atomic E-state index is 0.00352. The van der Waals surface area contributed by atoms with Gasteiger partial charge in [0, 0.05) is 37.6 Å². The Morgan fingerprint density at radius 3 is 2.39 bits per heavy atom. The van der Waals surface area contributed by atoms with Crippen LogP contribution in [0.3, 0.4) is 0 Å². The zero-order valence-corrected chi connectivity index (χ0v) is 20.9. The predicted octanol–water partition coefficient (Wildman–Crippen LogP) is 4.36. The lowest BCUT2D eigenvalue weighted by Crippen LogP contribution is -2.48. The number of urea groups is 1. The Kier molecular flexibility index (Phi) is 9.63. The van der Waals surface area contributed by atoms with E-state index in [1.54, 1.807) is 30.2 Å². The normalized spacial score (nSPS) is 11.8. The third-order valence-electron chi connectivity index (χ3n) is 5.68. The lowest BCUT2D eigenvalue weighted by Gasteiger charge is -2.32. The standard InChI is InChI=1S/C25H38N4O4/c1-8-19(4)29(25(31)26-22-12-11-21(32-6)14-23(22)33-7)17-24(30)28(15-18(2)3)16-20-10-9-13-27(20)5/h9-14,18-19H,8,15-17H2,1-7H3,(H,26,31). The highest BCUT2D eigenvalue weighted by atomic mass is 16.5. The summed E-state index contributed by atoms with van der Waals surface area (Å²) in [6, 6.07) is 8.70. The number of benzene rings is 1. The second-order valence-corrected chi connectivity index (χ2v) is 8.66. The van der Waals surface area contributed by atoms with Gasteiger partial charge in [-0.15, -0.1) is 0 Å². The van der Waals surface area contributed by atoms with Gasteiger partial charge in [-0.05, 0) is 43.5 Å². The van der Waals surface area contributed by atoms with E-state index in [1.807, 2.05) is 48.7 Å². The van der Waals surface area contributed by atoms with Crippen LogP contribution in [0.4, 0.5) is 10.5 Å². The molecule has 1 unspecified atom stereocenters. The monoisotopic (exact) mass is 458 g/mol. The zero-order valence-electron chi connectivity index (χ0n) is 20.9. The summed E-state index contributed by atoms with van der Waals surface area (Å²) in [5.41, 5.74) is 1.57. The number of hydrogen-bond acceptors (Lipinski definition) is 4. The highest BCUT2D eigenvalue weighted by molar-refractivity contribution is 5.94. The summed E-state index contributed by atoms with van der Waals surface area (Å²) < 4.78 is 12.6. The van der Waals surface area contributed by atoms with Gasteiger partial charge in [-0.2, -0.15) is 0 Å². The Hall–Kier alpha value is -3.16. The third kappa shape index (κ3) is 7.17. The maximum absolute atomic E-state index is 13.4. The van der Waals surface area contributed by atoms with Gasteiger partial charge < -0.3 is 29.2 Å². The fraction of sp³-hybridized carbons (Fsp3) is 0.520. The van der Waals surface area contributed by atoms with E-state index in [4.69, 9.17) is 9.47 Å². The summed E-state index contributed by atoms with van der Waals surface area (Å²) >= 11 is 0. The first kappa shape index (κ1) is 26.1. The van der Waals surface area contributed by atoms with Crippen molar-refractivity contribution in [2.24, 2.45) is 13.0 Å². The molecule has 33 heavy (non-hydrogen) atoms. The third-order valence-corrected chi connectivity index (χ3v) is 5.68. The molecule has 2 aromatic rings. The van der Waals surface area contributed by atoms with Crippen LogP contribution < -0.4 is 14.8 Å². The van der Waals surface area contributed by atoms with E-state index >= 15 is 0 Å². The SMILES string of the molecule is CCC(C)N(CC(=O)N(Cc1cccn1C)CC(C)C)C(=O)Nc1ccc(OC)cc1OC. The Labute approximate surface area is 197 Å². The molecule has 0 aliphatic rings. The molecule has 8 nitrogen and oxygen atoms in total. The fourth-order valence-corrected chi connectivity index (χ4v) is 3.53. The Balaban J connectivity index is 2.21. The van der Waals surface area contributed by atoms with Gasteiger partial charge in [-0.3, -0.25) is 4.79 Å². The summed E-state index contributed by atoms with van der Waals surface area (Å²) in [4.78, 5) is 30.0. The van der Waals surface area contributed by atoms with Crippen molar-refractivity contribution in [3.63, 3.8) is 0 Å². The van der Waals surface area contributed by atoms with Gasteiger partial charge in [0.05, 0.1) is 26.5 Å². The molecule has 1 aromatic heterocycles. The van der Waals surface area contributed by atoms with E-state index in [2.05, 4.69) is 19.2 Å². The van der Waals surface area contributed by atoms with Gasteiger partial charge in [-0.25, -0.2) is 4.79 Å². The van der Waals surface area contributed by atoms with Gasteiger partial charge in [0.25, 0.3) is 0 Å². The lowest BCUT2D eigenvalue weighted by molar-refractivity contribution is -0.133. The molecule has 0 aliphatic carbocycles. The van der Waals surface area contributed by atoms with Crippen LogP contribution in [-0.4, -0.2) is 59.7 Å². The van der Waals surface area contributed by atoms with Crippen molar-refractivity contribution in [3.8, 4) is 11.5 Å². The van der Waals surface area contributed by atoms with Crippen molar-refractivity contribution in [2.75, 3.05) is 32.6 Å². The van der Waals surface area contributed by atoms with Crippen LogP contribution in [0.2, 0.25) is 0 Å². The van der Waals surface area contributed by atoms with Gasteiger partial charge >= 0.3 is 6.03 Å². The first-order valence-corrected chi connectivity index (χ1v) is 11.4. The Morgan fingerprint density at radius 2 is 1.85 bits per heavy atom. The summed E-state index contributed by atoms with van der Waals surface area (Å²) in [5.74, 6) is 1.35. The molecule has 0 radical (unpaired) electrons. The number of carbonyl (C=O) groups is 2. The Bertz CT molecular complexity index is 925. The molecule has 182 valence electrons. The van der Waals surface area contributed by atoms with Crippen LogP contribution >= 0.6 is 0 Å². The van der Waals surface area contributed by atoms with Crippen molar-refractivity contribution in [3.05, 3.63) is 42.2 Å². The molecular formula is C25H38N4O4. The van der Waals surface area contributed by atoms with E-state index in [0.717, 1.165) is 12.1 Å². The molecule has 0 saturated heterocycles. The number of nitrogens with zero attached hydrogens (tertiary/aromatic N) is 3. The van der Waals surface area contributed by atoms with E-state index in [-0.39, 0.29) is 24.5 Å². The maximum atomic E-state index is 13.4. The quantitative estimate of drug-likeness (QED) is 0.543. The Morgan fingerprint density at radius 1 is 1.12 bits per heavy atom. The zero-order chi connectivity index (χ0) is 24.5. The highest BCUT2D eigenvalue weighted by Crippen LogP contribution is 2.29. The predicted molar refractivity (Wildman–Crippen MR) is 131 cm³/mol. The molecule has 1 N–H and O–H groups in total. The van der Waals surface area contributed by atoms with Crippen molar-refractivity contribution in [1.29, 1.82) is 0 Å². The lowest BCUT2D eigenvalue weighted by atomic mass is 10.2. The van der Waals surface area contributed by atoms with Gasteiger partial charge in [-0.1, -0.05) is 20.8 Å². The number of rotatable bonds is 11. The largest absolute Gasteiger partial charge is 0.497 e. The van der Waals surface area contributed by atoms with E-state index < -0.39 is 0 Å². The first-order valence-electron chi connectivity index (χ1n) is 11.4. The topological polar surface area (TPSA) is 76.0 Å². The minimum Gasteiger partial charge on any atom is -0.497 e. The number of nitrogens with one attached hydrogen (secondary N) is 1. The van der Waals surface area contributed by atoms with Crippen LogP contribution in [0, 0.1) is 5.92 Å². The molecule has 0 spiro atoms. The van der Waals surface area contributed by atoms with Crippen LogP contribution in [0.15, 0.2) is 36.5 Å². The number of carbonyl (C=O) groups excluding carboxylic acids is 2. The van der Waals surface area contributed by atoms with Gasteiger partial charge in [0.2, 0.25) is 5.91 Å². The molecular weight excluding hydrogens is 420 g/mol. The second-order valence-electron chi connectivity index (χ2n) is 8.66. The molecule has 3 amide bonds. The van der Waals surface area contributed by atoms with E-state index in [1.165, 1.54) is 7.11 Å². The number of aromatic nitrogens is 1. The molecule has 0 bridgehead atoms. The summed E-state index contributed by atoms with van der Waals surface area (Å²) in [7, 11) is 5.07. The van der Waals surface area contributed by atoms with Crippen LogP contribution in [0.5, 0.6) is 11.5 Å². The molecule has 2 rings (SSSR count).